The fourth-order valence-electron chi connectivity index (χ4n) is 3.15. The molecule has 0 unspecified atom stereocenters. The number of hydrogen-bond acceptors (Lipinski definition) is 8. The summed E-state index contributed by atoms with van der Waals surface area (Å²) in [7, 11) is 0. The predicted molar refractivity (Wildman–Crippen MR) is 121 cm³/mol. The normalized spacial score (nSPS) is 14.6. The highest BCUT2D eigenvalue weighted by molar-refractivity contribution is 7.23. The summed E-state index contributed by atoms with van der Waals surface area (Å²) in [5, 5.41) is 9.69. The standard InChI is InChI=1S/C20H27ClN4O5S/c1-20(2,3)30-19(28)25(7-5-4-6-15(26)27)14-12-13-16(31-14)17(23-18(21)22-13)24-8-10-29-11-9-24/h12H,4-11H2,1-3H3,(H,26,27). The van der Waals surface area contributed by atoms with E-state index < -0.39 is 17.7 Å². The summed E-state index contributed by atoms with van der Waals surface area (Å²) in [6, 6.07) is 1.80. The highest BCUT2D eigenvalue weighted by Gasteiger charge is 2.26. The molecule has 2 aromatic heterocycles. The van der Waals surface area contributed by atoms with Crippen molar-refractivity contribution in [3.63, 3.8) is 0 Å². The van der Waals surface area contributed by atoms with Crippen LogP contribution in [-0.2, 0) is 14.3 Å². The number of rotatable bonds is 7. The third-order valence-electron chi connectivity index (χ3n) is 4.53. The maximum Gasteiger partial charge on any atom is 0.415 e. The first-order valence-electron chi connectivity index (χ1n) is 10.2. The summed E-state index contributed by atoms with van der Waals surface area (Å²) in [6.07, 6.45) is 0.560. The Balaban J connectivity index is 1.92. The van der Waals surface area contributed by atoms with Gasteiger partial charge in [-0.2, -0.15) is 4.98 Å². The number of anilines is 2. The zero-order chi connectivity index (χ0) is 22.6. The molecule has 1 fully saturated rings. The average molecular weight is 471 g/mol. The van der Waals surface area contributed by atoms with Crippen LogP contribution < -0.4 is 9.80 Å². The van der Waals surface area contributed by atoms with Crippen molar-refractivity contribution in [3.8, 4) is 0 Å². The Labute approximate surface area is 189 Å². The zero-order valence-electron chi connectivity index (χ0n) is 17.9. The van der Waals surface area contributed by atoms with Crippen molar-refractivity contribution in [1.29, 1.82) is 0 Å². The van der Waals surface area contributed by atoms with Gasteiger partial charge in [0.15, 0.2) is 5.82 Å². The van der Waals surface area contributed by atoms with Gasteiger partial charge in [-0.05, 0) is 51.3 Å². The van der Waals surface area contributed by atoms with Crippen LogP contribution in [-0.4, -0.2) is 65.6 Å². The van der Waals surface area contributed by atoms with E-state index in [1.54, 1.807) is 26.8 Å². The molecular formula is C20H27ClN4O5S. The molecule has 0 atom stereocenters. The average Bonchev–Trinajstić information content (AvgIpc) is 3.09. The molecule has 0 radical (unpaired) electrons. The van der Waals surface area contributed by atoms with Gasteiger partial charge in [-0.1, -0.05) is 0 Å². The minimum atomic E-state index is -0.856. The SMILES string of the molecule is CC(C)(C)OC(=O)N(CCCCC(=O)O)c1cc2nc(Cl)nc(N3CCOCC3)c2s1. The number of ether oxygens (including phenoxy) is 2. The monoisotopic (exact) mass is 470 g/mol. The lowest BCUT2D eigenvalue weighted by Gasteiger charge is -2.28. The number of carbonyl (C=O) groups excluding carboxylic acids is 1. The Hall–Kier alpha value is -2.17. The Kier molecular flexibility index (Phi) is 7.55. The molecule has 1 N–H and O–H groups in total. The first kappa shape index (κ1) is 23.5. The largest absolute Gasteiger partial charge is 0.481 e. The molecular weight excluding hydrogens is 444 g/mol. The molecule has 3 rings (SSSR count). The molecule has 2 aromatic rings. The molecule has 0 aromatic carbocycles. The van der Waals surface area contributed by atoms with Gasteiger partial charge in [-0.15, -0.1) is 11.3 Å². The summed E-state index contributed by atoms with van der Waals surface area (Å²) >= 11 is 7.57. The van der Waals surface area contributed by atoms with Gasteiger partial charge in [0.25, 0.3) is 0 Å². The Bertz CT molecular complexity index is 940. The smallest absolute Gasteiger partial charge is 0.415 e. The highest BCUT2D eigenvalue weighted by atomic mass is 35.5. The van der Waals surface area contributed by atoms with Gasteiger partial charge in [0, 0.05) is 26.1 Å². The number of amides is 1. The van der Waals surface area contributed by atoms with E-state index in [0.29, 0.717) is 56.2 Å². The van der Waals surface area contributed by atoms with Crippen LogP contribution in [0.15, 0.2) is 6.07 Å². The quantitative estimate of drug-likeness (QED) is 0.474. The summed E-state index contributed by atoms with van der Waals surface area (Å²) < 4.78 is 11.9. The van der Waals surface area contributed by atoms with Crippen molar-refractivity contribution in [2.45, 2.75) is 45.6 Å². The van der Waals surface area contributed by atoms with Gasteiger partial charge >= 0.3 is 12.1 Å². The topological polar surface area (TPSA) is 105 Å². The molecule has 0 saturated carbocycles. The van der Waals surface area contributed by atoms with E-state index in [1.807, 2.05) is 0 Å². The predicted octanol–water partition coefficient (Wildman–Crippen LogP) is 4.18. The van der Waals surface area contributed by atoms with Crippen LogP contribution >= 0.6 is 22.9 Å². The van der Waals surface area contributed by atoms with E-state index >= 15 is 0 Å². The molecule has 31 heavy (non-hydrogen) atoms. The van der Waals surface area contributed by atoms with E-state index in [-0.39, 0.29) is 11.7 Å². The maximum absolute atomic E-state index is 12.9. The molecule has 170 valence electrons. The van der Waals surface area contributed by atoms with E-state index in [9.17, 15) is 9.59 Å². The van der Waals surface area contributed by atoms with E-state index in [4.69, 9.17) is 26.2 Å². The minimum absolute atomic E-state index is 0.0524. The molecule has 0 aliphatic carbocycles. The molecule has 0 spiro atoms. The number of aromatic nitrogens is 2. The van der Waals surface area contributed by atoms with Gasteiger partial charge in [0.1, 0.15) is 10.6 Å². The van der Waals surface area contributed by atoms with Crippen LogP contribution in [0.4, 0.5) is 15.6 Å². The van der Waals surface area contributed by atoms with Crippen LogP contribution in [0.1, 0.15) is 40.0 Å². The van der Waals surface area contributed by atoms with Crippen LogP contribution in [0.3, 0.4) is 0 Å². The minimum Gasteiger partial charge on any atom is -0.481 e. The van der Waals surface area contributed by atoms with Gasteiger partial charge in [-0.25, -0.2) is 9.78 Å². The van der Waals surface area contributed by atoms with Crippen molar-refractivity contribution >= 4 is 56.0 Å². The number of aliphatic carboxylic acids is 1. The fraction of sp³-hybridized carbons (Fsp3) is 0.600. The van der Waals surface area contributed by atoms with E-state index in [1.165, 1.54) is 16.2 Å². The molecule has 1 aliphatic heterocycles. The second kappa shape index (κ2) is 9.97. The number of morpholine rings is 1. The number of hydrogen-bond donors (Lipinski definition) is 1. The van der Waals surface area contributed by atoms with E-state index in [0.717, 1.165) is 10.5 Å². The summed E-state index contributed by atoms with van der Waals surface area (Å²) in [4.78, 5) is 36.2. The molecule has 1 amide bonds. The number of thiophene rings is 1. The van der Waals surface area contributed by atoms with Crippen molar-refractivity contribution in [3.05, 3.63) is 11.3 Å². The Morgan fingerprint density at radius 2 is 2.00 bits per heavy atom. The molecule has 9 nitrogen and oxygen atoms in total. The molecule has 0 bridgehead atoms. The fourth-order valence-corrected chi connectivity index (χ4v) is 4.45. The van der Waals surface area contributed by atoms with Gasteiger partial charge < -0.3 is 19.5 Å². The van der Waals surface area contributed by atoms with Crippen LogP contribution in [0, 0.1) is 0 Å². The second-order valence-corrected chi connectivity index (χ2v) is 9.57. The number of carbonyl (C=O) groups is 2. The number of halogens is 1. The summed E-state index contributed by atoms with van der Waals surface area (Å²) in [6.45, 7) is 8.36. The van der Waals surface area contributed by atoms with E-state index in [2.05, 4.69) is 14.9 Å². The number of carboxylic acids is 1. The van der Waals surface area contributed by atoms with Gasteiger partial charge in [0.05, 0.1) is 23.4 Å². The lowest BCUT2D eigenvalue weighted by molar-refractivity contribution is -0.137. The highest BCUT2D eigenvalue weighted by Crippen LogP contribution is 2.38. The summed E-state index contributed by atoms with van der Waals surface area (Å²) in [5.74, 6) is -0.129. The zero-order valence-corrected chi connectivity index (χ0v) is 19.5. The Morgan fingerprint density at radius 3 is 2.65 bits per heavy atom. The first-order chi connectivity index (χ1) is 14.6. The molecule has 1 aliphatic rings. The lowest BCUT2D eigenvalue weighted by atomic mass is 10.2. The number of unbranched alkanes of at least 4 members (excludes halogenated alkanes) is 1. The first-order valence-corrected chi connectivity index (χ1v) is 11.4. The van der Waals surface area contributed by atoms with Crippen LogP contribution in [0.2, 0.25) is 5.28 Å². The lowest BCUT2D eigenvalue weighted by Crippen LogP contribution is -2.37. The number of carboxylic acid groups (broad SMARTS) is 1. The number of fused-ring (bicyclic) bond motifs is 1. The van der Waals surface area contributed by atoms with Crippen molar-refractivity contribution in [2.24, 2.45) is 0 Å². The Morgan fingerprint density at radius 1 is 1.29 bits per heavy atom. The van der Waals surface area contributed by atoms with Gasteiger partial charge in [0.2, 0.25) is 5.28 Å². The third-order valence-corrected chi connectivity index (χ3v) is 5.84. The molecule has 3 heterocycles. The van der Waals surface area contributed by atoms with Gasteiger partial charge in [-0.3, -0.25) is 9.69 Å². The van der Waals surface area contributed by atoms with Crippen LogP contribution in [0.25, 0.3) is 10.2 Å². The van der Waals surface area contributed by atoms with Crippen molar-refractivity contribution < 1.29 is 24.2 Å². The second-order valence-electron chi connectivity index (χ2n) is 8.20. The van der Waals surface area contributed by atoms with Crippen LogP contribution in [0.5, 0.6) is 0 Å². The third kappa shape index (κ3) is 6.41. The van der Waals surface area contributed by atoms with Crippen molar-refractivity contribution in [1.82, 2.24) is 9.97 Å². The summed E-state index contributed by atoms with van der Waals surface area (Å²) in [5.41, 5.74) is -0.00426. The number of nitrogens with zero attached hydrogens (tertiary/aromatic N) is 4. The van der Waals surface area contributed by atoms with Crippen molar-refractivity contribution in [2.75, 3.05) is 42.6 Å². The maximum atomic E-state index is 12.9. The molecule has 1 saturated heterocycles. The molecule has 11 heteroatoms.